The molecule has 2 aromatic carbocycles. The van der Waals surface area contributed by atoms with E-state index in [0.717, 1.165) is 0 Å². The second-order valence-electron chi connectivity index (χ2n) is 5.71. The molecule has 7 nitrogen and oxygen atoms in total. The van der Waals surface area contributed by atoms with Crippen LogP contribution in [-0.2, 0) is 4.79 Å². The fourth-order valence-electron chi connectivity index (χ4n) is 2.25. The lowest BCUT2D eigenvalue weighted by atomic mass is 10.2. The first-order chi connectivity index (χ1) is 13.3. The maximum absolute atomic E-state index is 12.2. The fourth-order valence-corrected chi connectivity index (χ4v) is 2.58. The average Bonchev–Trinajstić information content (AvgIpc) is 2.68. The highest BCUT2D eigenvalue weighted by atomic mass is 35.5. The van der Waals surface area contributed by atoms with E-state index in [1.807, 2.05) is 0 Å². The highest BCUT2D eigenvalue weighted by molar-refractivity contribution is 6.35. The van der Waals surface area contributed by atoms with E-state index in [4.69, 9.17) is 32.7 Å². The molecule has 148 valence electrons. The van der Waals surface area contributed by atoms with Crippen LogP contribution in [0.4, 0.5) is 5.69 Å². The second-order valence-corrected chi connectivity index (χ2v) is 6.55. The van der Waals surface area contributed by atoms with Crippen LogP contribution in [0.2, 0.25) is 10.0 Å². The number of halogens is 2. The summed E-state index contributed by atoms with van der Waals surface area (Å²) in [5, 5.41) is 7.42. The van der Waals surface area contributed by atoms with Gasteiger partial charge in [-0.25, -0.2) is 5.43 Å². The van der Waals surface area contributed by atoms with E-state index < -0.39 is 5.91 Å². The number of anilines is 1. The van der Waals surface area contributed by atoms with E-state index >= 15 is 0 Å². The summed E-state index contributed by atoms with van der Waals surface area (Å²) in [6, 6.07) is 9.49. The molecule has 0 heterocycles. The Labute approximate surface area is 172 Å². The zero-order chi connectivity index (χ0) is 20.7. The van der Waals surface area contributed by atoms with Crippen molar-refractivity contribution in [2.24, 2.45) is 5.10 Å². The van der Waals surface area contributed by atoms with E-state index in [2.05, 4.69) is 15.8 Å². The Morgan fingerprint density at radius 3 is 2.43 bits per heavy atom. The summed E-state index contributed by atoms with van der Waals surface area (Å²) < 4.78 is 10.3. The molecule has 0 aliphatic carbocycles. The third-order valence-corrected chi connectivity index (χ3v) is 4.18. The lowest BCUT2D eigenvalue weighted by Gasteiger charge is -2.09. The molecule has 2 amide bonds. The first-order valence-corrected chi connectivity index (χ1v) is 8.90. The number of amides is 2. The lowest BCUT2D eigenvalue weighted by Crippen LogP contribution is -2.21. The standard InChI is InChI=1S/C19H19Cl2N3O4/c1-11(8-18(25)22-15-10-13(20)5-6-14(15)21)23-24-19(26)12-4-7-16(27-2)17(9-12)28-3/h4-7,9-10H,8H2,1-3H3,(H,22,25)(H,24,26)/b23-11-. The minimum absolute atomic E-state index is 0.0327. The van der Waals surface area contributed by atoms with Gasteiger partial charge in [0.1, 0.15) is 0 Å². The van der Waals surface area contributed by atoms with Crippen LogP contribution in [0, 0.1) is 0 Å². The molecule has 0 saturated heterocycles. The molecule has 0 unspecified atom stereocenters. The summed E-state index contributed by atoms with van der Waals surface area (Å²) in [4.78, 5) is 24.3. The Bertz CT molecular complexity index is 916. The Balaban J connectivity index is 1.97. The normalized spacial score (nSPS) is 11.0. The van der Waals surface area contributed by atoms with Crippen LogP contribution in [0.5, 0.6) is 11.5 Å². The van der Waals surface area contributed by atoms with Gasteiger partial charge in [0.25, 0.3) is 5.91 Å². The van der Waals surface area contributed by atoms with Gasteiger partial charge in [0.15, 0.2) is 11.5 Å². The van der Waals surface area contributed by atoms with Crippen molar-refractivity contribution in [1.29, 1.82) is 0 Å². The summed E-state index contributed by atoms with van der Waals surface area (Å²) >= 11 is 11.9. The van der Waals surface area contributed by atoms with Crippen molar-refractivity contribution in [2.45, 2.75) is 13.3 Å². The van der Waals surface area contributed by atoms with Gasteiger partial charge in [0.2, 0.25) is 5.91 Å². The third kappa shape index (κ3) is 5.87. The summed E-state index contributed by atoms with van der Waals surface area (Å²) in [7, 11) is 2.99. The number of nitrogens with zero attached hydrogens (tertiary/aromatic N) is 1. The number of carbonyl (C=O) groups is 2. The van der Waals surface area contributed by atoms with Gasteiger partial charge in [-0.15, -0.1) is 0 Å². The molecular weight excluding hydrogens is 405 g/mol. The predicted octanol–water partition coefficient (Wildman–Crippen LogP) is 4.15. The van der Waals surface area contributed by atoms with E-state index in [-0.39, 0.29) is 12.3 Å². The summed E-state index contributed by atoms with van der Waals surface area (Å²) in [5.74, 6) is 0.146. The molecule has 2 rings (SSSR count). The molecule has 0 bridgehead atoms. The van der Waals surface area contributed by atoms with Gasteiger partial charge in [0, 0.05) is 16.3 Å². The number of ether oxygens (including phenoxy) is 2. The lowest BCUT2D eigenvalue weighted by molar-refractivity contribution is -0.115. The Morgan fingerprint density at radius 1 is 1.04 bits per heavy atom. The van der Waals surface area contributed by atoms with Crippen LogP contribution < -0.4 is 20.2 Å². The zero-order valence-corrected chi connectivity index (χ0v) is 17.0. The van der Waals surface area contributed by atoms with E-state index in [1.165, 1.54) is 20.3 Å². The number of hydrogen-bond acceptors (Lipinski definition) is 5. The molecule has 0 atom stereocenters. The fraction of sp³-hybridized carbons (Fsp3) is 0.211. The molecule has 0 aliphatic heterocycles. The average molecular weight is 424 g/mol. The van der Waals surface area contributed by atoms with Gasteiger partial charge in [-0.1, -0.05) is 23.2 Å². The van der Waals surface area contributed by atoms with Crippen LogP contribution in [0.15, 0.2) is 41.5 Å². The SMILES string of the molecule is COc1ccc(C(=O)N/N=C(/C)CC(=O)Nc2cc(Cl)ccc2Cl)cc1OC. The zero-order valence-electron chi connectivity index (χ0n) is 15.5. The summed E-state index contributed by atoms with van der Waals surface area (Å²) in [6.45, 7) is 1.62. The number of rotatable bonds is 7. The first kappa shape index (κ1) is 21.5. The highest BCUT2D eigenvalue weighted by Gasteiger charge is 2.11. The monoisotopic (exact) mass is 423 g/mol. The third-order valence-electron chi connectivity index (χ3n) is 3.61. The molecule has 0 aromatic heterocycles. The maximum atomic E-state index is 12.2. The number of nitrogens with one attached hydrogen (secondary N) is 2. The van der Waals surface area contributed by atoms with Gasteiger partial charge in [-0.05, 0) is 43.3 Å². The molecular formula is C19H19Cl2N3O4. The molecule has 0 saturated carbocycles. The smallest absolute Gasteiger partial charge is 0.271 e. The van der Waals surface area contributed by atoms with Gasteiger partial charge < -0.3 is 14.8 Å². The van der Waals surface area contributed by atoms with Crippen LogP contribution in [-0.4, -0.2) is 31.7 Å². The Hall–Kier alpha value is -2.77. The first-order valence-electron chi connectivity index (χ1n) is 8.14. The van der Waals surface area contributed by atoms with Gasteiger partial charge in [-0.3, -0.25) is 9.59 Å². The summed E-state index contributed by atoms with van der Waals surface area (Å²) in [5.41, 5.74) is 3.55. The Kier molecular flexibility index (Phi) is 7.66. The molecule has 0 spiro atoms. The van der Waals surface area contributed by atoms with E-state index in [1.54, 1.807) is 37.3 Å². The molecule has 2 aromatic rings. The van der Waals surface area contributed by atoms with Crippen LogP contribution in [0.1, 0.15) is 23.7 Å². The van der Waals surface area contributed by atoms with Crippen molar-refractivity contribution >= 4 is 46.4 Å². The maximum Gasteiger partial charge on any atom is 0.271 e. The molecule has 2 N–H and O–H groups in total. The quantitative estimate of drug-likeness (QED) is 0.517. The number of methoxy groups -OCH3 is 2. The predicted molar refractivity (Wildman–Crippen MR) is 110 cm³/mol. The number of benzene rings is 2. The molecule has 0 fully saturated rings. The molecule has 0 radical (unpaired) electrons. The van der Waals surface area contributed by atoms with Crippen LogP contribution in [0.3, 0.4) is 0 Å². The van der Waals surface area contributed by atoms with Crippen molar-refractivity contribution in [2.75, 3.05) is 19.5 Å². The number of carbonyl (C=O) groups excluding carboxylic acids is 2. The van der Waals surface area contributed by atoms with E-state index in [9.17, 15) is 9.59 Å². The number of hydrazone groups is 1. The summed E-state index contributed by atoms with van der Waals surface area (Å²) in [6.07, 6.45) is -0.0327. The Morgan fingerprint density at radius 2 is 1.75 bits per heavy atom. The van der Waals surface area contributed by atoms with Crippen molar-refractivity contribution in [3.63, 3.8) is 0 Å². The second kappa shape index (κ2) is 9.96. The largest absolute Gasteiger partial charge is 0.493 e. The number of hydrogen-bond donors (Lipinski definition) is 2. The minimum atomic E-state index is -0.446. The topological polar surface area (TPSA) is 89.0 Å². The van der Waals surface area contributed by atoms with Crippen molar-refractivity contribution in [1.82, 2.24) is 5.43 Å². The van der Waals surface area contributed by atoms with Crippen LogP contribution >= 0.6 is 23.2 Å². The van der Waals surface area contributed by atoms with E-state index in [0.29, 0.717) is 38.5 Å². The van der Waals surface area contributed by atoms with Gasteiger partial charge in [0.05, 0.1) is 31.4 Å². The van der Waals surface area contributed by atoms with Crippen molar-refractivity contribution in [3.05, 3.63) is 52.0 Å². The molecule has 28 heavy (non-hydrogen) atoms. The van der Waals surface area contributed by atoms with Crippen molar-refractivity contribution < 1.29 is 19.1 Å². The molecule has 0 aliphatic rings. The van der Waals surface area contributed by atoms with Crippen molar-refractivity contribution in [3.8, 4) is 11.5 Å². The highest BCUT2D eigenvalue weighted by Crippen LogP contribution is 2.27. The van der Waals surface area contributed by atoms with Crippen LogP contribution in [0.25, 0.3) is 0 Å². The van der Waals surface area contributed by atoms with Gasteiger partial charge >= 0.3 is 0 Å². The molecule has 9 heteroatoms. The minimum Gasteiger partial charge on any atom is -0.493 e. The van der Waals surface area contributed by atoms with Gasteiger partial charge in [-0.2, -0.15) is 5.10 Å².